The summed E-state index contributed by atoms with van der Waals surface area (Å²) in [6.07, 6.45) is 1.50. The molecule has 2 N–H and O–H groups in total. The second kappa shape index (κ2) is 5.42. The Hall–Kier alpha value is -1.92. The standard InChI is InChI=1S/C10H16N4O3/c1-6(2)14-9(11-5-12-14)4-8(10(16)17)13-7(3)15/h5-6,8H,4H2,1-3H3,(H,13,15)(H,16,17). The van der Waals surface area contributed by atoms with Crippen LogP contribution in [0.3, 0.4) is 0 Å². The van der Waals surface area contributed by atoms with E-state index in [9.17, 15) is 9.59 Å². The van der Waals surface area contributed by atoms with Gasteiger partial charge in [-0.15, -0.1) is 0 Å². The SMILES string of the molecule is CC(=O)NC(Cc1ncnn1C(C)C)C(=O)O. The van der Waals surface area contributed by atoms with E-state index in [0.717, 1.165) is 0 Å². The number of carbonyl (C=O) groups is 2. The molecule has 0 saturated heterocycles. The number of rotatable bonds is 5. The minimum absolute atomic E-state index is 0.0965. The van der Waals surface area contributed by atoms with Crippen LogP contribution in [0.2, 0.25) is 0 Å². The summed E-state index contributed by atoms with van der Waals surface area (Å²) in [5, 5.41) is 15.3. The number of carboxylic acid groups (broad SMARTS) is 1. The third-order valence-electron chi connectivity index (χ3n) is 2.20. The van der Waals surface area contributed by atoms with Gasteiger partial charge in [0, 0.05) is 19.4 Å². The van der Waals surface area contributed by atoms with Gasteiger partial charge in [0.2, 0.25) is 5.91 Å². The lowest BCUT2D eigenvalue weighted by Crippen LogP contribution is -2.41. The number of nitrogens with zero attached hydrogens (tertiary/aromatic N) is 3. The van der Waals surface area contributed by atoms with E-state index in [-0.39, 0.29) is 18.4 Å². The van der Waals surface area contributed by atoms with Crippen molar-refractivity contribution in [2.24, 2.45) is 0 Å². The van der Waals surface area contributed by atoms with E-state index >= 15 is 0 Å². The van der Waals surface area contributed by atoms with Crippen molar-refractivity contribution in [3.8, 4) is 0 Å². The molecule has 0 radical (unpaired) electrons. The van der Waals surface area contributed by atoms with Gasteiger partial charge < -0.3 is 10.4 Å². The summed E-state index contributed by atoms with van der Waals surface area (Å²) < 4.78 is 1.64. The maximum atomic E-state index is 11.0. The zero-order valence-corrected chi connectivity index (χ0v) is 10.0. The highest BCUT2D eigenvalue weighted by Gasteiger charge is 2.22. The van der Waals surface area contributed by atoms with Crippen molar-refractivity contribution in [2.75, 3.05) is 0 Å². The first-order chi connectivity index (χ1) is 7.91. The first-order valence-corrected chi connectivity index (χ1v) is 5.30. The maximum Gasteiger partial charge on any atom is 0.326 e. The molecule has 1 heterocycles. The molecule has 0 fully saturated rings. The molecule has 1 unspecified atom stereocenters. The second-order valence-corrected chi connectivity index (χ2v) is 4.01. The van der Waals surface area contributed by atoms with Gasteiger partial charge >= 0.3 is 5.97 Å². The molecule has 0 saturated carbocycles. The van der Waals surface area contributed by atoms with Gasteiger partial charge in [-0.1, -0.05) is 0 Å². The average molecular weight is 240 g/mol. The number of carboxylic acids is 1. The fourth-order valence-corrected chi connectivity index (χ4v) is 1.48. The zero-order chi connectivity index (χ0) is 13.0. The molecule has 0 aromatic carbocycles. The summed E-state index contributed by atoms with van der Waals surface area (Å²) in [6.45, 7) is 5.13. The van der Waals surface area contributed by atoms with Crippen LogP contribution in [0.25, 0.3) is 0 Å². The zero-order valence-electron chi connectivity index (χ0n) is 10.0. The molecule has 17 heavy (non-hydrogen) atoms. The second-order valence-electron chi connectivity index (χ2n) is 4.01. The summed E-state index contributed by atoms with van der Waals surface area (Å²) in [4.78, 5) is 25.9. The van der Waals surface area contributed by atoms with Crippen molar-refractivity contribution in [2.45, 2.75) is 39.3 Å². The topological polar surface area (TPSA) is 97.1 Å². The van der Waals surface area contributed by atoms with Crippen LogP contribution in [0.1, 0.15) is 32.6 Å². The highest BCUT2D eigenvalue weighted by molar-refractivity contribution is 5.82. The van der Waals surface area contributed by atoms with E-state index in [1.54, 1.807) is 4.68 Å². The van der Waals surface area contributed by atoms with Gasteiger partial charge in [-0.25, -0.2) is 14.5 Å². The van der Waals surface area contributed by atoms with Crippen molar-refractivity contribution in [1.29, 1.82) is 0 Å². The number of carbonyl (C=O) groups excluding carboxylic acids is 1. The smallest absolute Gasteiger partial charge is 0.326 e. The Kier molecular flexibility index (Phi) is 4.19. The average Bonchev–Trinajstić information content (AvgIpc) is 2.63. The van der Waals surface area contributed by atoms with Crippen LogP contribution in [0.15, 0.2) is 6.33 Å². The van der Waals surface area contributed by atoms with Gasteiger partial charge in [-0.05, 0) is 13.8 Å². The number of aliphatic carboxylic acids is 1. The molecule has 0 aliphatic rings. The molecule has 1 aromatic heterocycles. The van der Waals surface area contributed by atoms with Crippen LogP contribution in [0.4, 0.5) is 0 Å². The molecule has 1 amide bonds. The molecule has 7 nitrogen and oxygen atoms in total. The van der Waals surface area contributed by atoms with Gasteiger partial charge in [0.1, 0.15) is 18.2 Å². The number of hydrogen-bond donors (Lipinski definition) is 2. The van der Waals surface area contributed by atoms with Crippen LogP contribution in [-0.2, 0) is 16.0 Å². The van der Waals surface area contributed by atoms with Crippen molar-refractivity contribution >= 4 is 11.9 Å². The Morgan fingerprint density at radius 1 is 1.53 bits per heavy atom. The lowest BCUT2D eigenvalue weighted by molar-refractivity contribution is -0.141. The first kappa shape index (κ1) is 13.1. The summed E-state index contributed by atoms with van der Waals surface area (Å²) in [7, 11) is 0. The molecule has 0 aliphatic carbocycles. The largest absolute Gasteiger partial charge is 0.480 e. The third-order valence-corrected chi connectivity index (χ3v) is 2.20. The van der Waals surface area contributed by atoms with E-state index < -0.39 is 12.0 Å². The minimum atomic E-state index is -1.08. The van der Waals surface area contributed by atoms with E-state index in [4.69, 9.17) is 5.11 Å². The van der Waals surface area contributed by atoms with Crippen molar-refractivity contribution in [3.05, 3.63) is 12.2 Å². The van der Waals surface area contributed by atoms with E-state index in [0.29, 0.717) is 5.82 Å². The van der Waals surface area contributed by atoms with Crippen LogP contribution >= 0.6 is 0 Å². The van der Waals surface area contributed by atoms with Gasteiger partial charge in [0.25, 0.3) is 0 Å². The summed E-state index contributed by atoms with van der Waals surface area (Å²) >= 11 is 0. The van der Waals surface area contributed by atoms with Crippen molar-refractivity contribution in [3.63, 3.8) is 0 Å². The minimum Gasteiger partial charge on any atom is -0.480 e. The van der Waals surface area contributed by atoms with E-state index in [1.165, 1.54) is 13.3 Å². The molecule has 1 aromatic rings. The van der Waals surface area contributed by atoms with Crippen LogP contribution in [0, 0.1) is 0 Å². The molecule has 94 valence electrons. The van der Waals surface area contributed by atoms with Gasteiger partial charge in [-0.3, -0.25) is 4.79 Å². The number of hydrogen-bond acceptors (Lipinski definition) is 4. The highest BCUT2D eigenvalue weighted by atomic mass is 16.4. The lowest BCUT2D eigenvalue weighted by Gasteiger charge is -2.14. The molecule has 7 heteroatoms. The fraction of sp³-hybridized carbons (Fsp3) is 0.600. The Balaban J connectivity index is 2.82. The normalized spacial score (nSPS) is 12.5. The van der Waals surface area contributed by atoms with E-state index in [1.807, 2.05) is 13.8 Å². The number of aromatic nitrogens is 3. The van der Waals surface area contributed by atoms with Gasteiger partial charge in [-0.2, -0.15) is 5.10 Å². The fourth-order valence-electron chi connectivity index (χ4n) is 1.48. The summed E-state index contributed by atoms with van der Waals surface area (Å²) in [6, 6.07) is -0.881. The maximum absolute atomic E-state index is 11.0. The monoisotopic (exact) mass is 240 g/mol. The Labute approximate surface area is 98.8 Å². The molecule has 0 spiro atoms. The predicted molar refractivity (Wildman–Crippen MR) is 59.4 cm³/mol. The van der Waals surface area contributed by atoms with Crippen LogP contribution in [-0.4, -0.2) is 37.8 Å². The lowest BCUT2D eigenvalue weighted by atomic mass is 10.2. The van der Waals surface area contributed by atoms with Gasteiger partial charge in [0.15, 0.2) is 0 Å². The molecule has 1 rings (SSSR count). The highest BCUT2D eigenvalue weighted by Crippen LogP contribution is 2.07. The molecule has 0 bridgehead atoms. The van der Waals surface area contributed by atoms with Gasteiger partial charge in [0.05, 0.1) is 0 Å². The third kappa shape index (κ3) is 3.54. The number of amides is 1. The molecule has 0 aliphatic heterocycles. The molecular weight excluding hydrogens is 224 g/mol. The van der Waals surface area contributed by atoms with Crippen molar-refractivity contribution < 1.29 is 14.7 Å². The summed E-state index contributed by atoms with van der Waals surface area (Å²) in [5.74, 6) is -0.923. The Morgan fingerprint density at radius 2 is 2.18 bits per heavy atom. The quantitative estimate of drug-likeness (QED) is 0.754. The molecular formula is C10H16N4O3. The van der Waals surface area contributed by atoms with Crippen molar-refractivity contribution in [1.82, 2.24) is 20.1 Å². The first-order valence-electron chi connectivity index (χ1n) is 5.30. The van der Waals surface area contributed by atoms with E-state index in [2.05, 4.69) is 15.4 Å². The number of nitrogens with one attached hydrogen (secondary N) is 1. The Bertz CT molecular complexity index is 413. The Morgan fingerprint density at radius 3 is 2.65 bits per heavy atom. The van der Waals surface area contributed by atoms with Crippen LogP contribution in [0.5, 0.6) is 0 Å². The predicted octanol–water partition coefficient (Wildman–Crippen LogP) is -0.00920. The summed E-state index contributed by atoms with van der Waals surface area (Å²) in [5.41, 5.74) is 0. The van der Waals surface area contributed by atoms with Crippen LogP contribution < -0.4 is 5.32 Å². The molecule has 1 atom stereocenters.